The SMILES string of the molecule is [CH]C(=O)c1ccc(F)c(C(F)(F)F)c1. The molecule has 0 unspecified atom stereocenters. The maximum atomic E-state index is 12.7. The summed E-state index contributed by atoms with van der Waals surface area (Å²) in [6.45, 7) is 4.75. The molecule has 14 heavy (non-hydrogen) atoms. The van der Waals surface area contributed by atoms with Crippen LogP contribution in [0.15, 0.2) is 18.2 Å². The molecule has 5 heteroatoms. The van der Waals surface area contributed by atoms with Crippen molar-refractivity contribution in [1.29, 1.82) is 0 Å². The number of rotatable bonds is 1. The lowest BCUT2D eigenvalue weighted by molar-refractivity contribution is -0.140. The molecular weight excluding hydrogens is 200 g/mol. The Hall–Kier alpha value is -1.39. The zero-order chi connectivity index (χ0) is 10.9. The van der Waals surface area contributed by atoms with Crippen LogP contribution in [0.25, 0.3) is 0 Å². The third-order valence-electron chi connectivity index (χ3n) is 1.56. The molecule has 0 saturated heterocycles. The summed E-state index contributed by atoms with van der Waals surface area (Å²) in [5.74, 6) is -2.46. The van der Waals surface area contributed by atoms with Crippen LogP contribution in [-0.2, 0) is 6.18 Å². The molecule has 0 N–H and O–H groups in total. The minimum atomic E-state index is -4.82. The van der Waals surface area contributed by atoms with Crippen LogP contribution in [0.5, 0.6) is 0 Å². The quantitative estimate of drug-likeness (QED) is 0.507. The van der Waals surface area contributed by atoms with Crippen molar-refractivity contribution >= 4 is 5.78 Å². The van der Waals surface area contributed by atoms with Gasteiger partial charge in [-0.1, -0.05) is 0 Å². The smallest absolute Gasteiger partial charge is 0.294 e. The van der Waals surface area contributed by atoms with Crippen LogP contribution in [-0.4, -0.2) is 5.78 Å². The first kappa shape index (κ1) is 10.7. The second kappa shape index (κ2) is 3.40. The summed E-state index contributed by atoms with van der Waals surface area (Å²) in [6.07, 6.45) is -4.82. The molecule has 1 rings (SSSR count). The molecule has 1 nitrogen and oxygen atoms in total. The van der Waals surface area contributed by atoms with Gasteiger partial charge < -0.3 is 0 Å². The molecular formula is C9H4F4O. The lowest BCUT2D eigenvalue weighted by Crippen LogP contribution is -2.09. The number of carbonyl (C=O) groups excluding carboxylic acids is 1. The third-order valence-corrected chi connectivity index (χ3v) is 1.56. The van der Waals surface area contributed by atoms with Gasteiger partial charge in [-0.15, -0.1) is 0 Å². The van der Waals surface area contributed by atoms with Crippen molar-refractivity contribution in [3.8, 4) is 0 Å². The highest BCUT2D eigenvalue weighted by Crippen LogP contribution is 2.31. The number of carbonyl (C=O) groups is 1. The molecule has 0 bridgehead atoms. The van der Waals surface area contributed by atoms with Crippen LogP contribution in [0.4, 0.5) is 17.6 Å². The van der Waals surface area contributed by atoms with Crippen LogP contribution in [0.2, 0.25) is 0 Å². The first-order valence-electron chi connectivity index (χ1n) is 3.49. The Kier molecular flexibility index (Phi) is 2.59. The van der Waals surface area contributed by atoms with Gasteiger partial charge in [0.15, 0.2) is 5.78 Å². The highest BCUT2D eigenvalue weighted by Gasteiger charge is 2.34. The van der Waals surface area contributed by atoms with Crippen molar-refractivity contribution in [3.05, 3.63) is 42.1 Å². The van der Waals surface area contributed by atoms with E-state index in [-0.39, 0.29) is 5.56 Å². The molecule has 0 fully saturated rings. The van der Waals surface area contributed by atoms with Gasteiger partial charge >= 0.3 is 6.18 Å². The topological polar surface area (TPSA) is 17.1 Å². The van der Waals surface area contributed by atoms with Crippen LogP contribution in [0.1, 0.15) is 15.9 Å². The summed E-state index contributed by atoms with van der Waals surface area (Å²) in [6, 6.07) is 1.84. The Labute approximate surface area is 77.3 Å². The second-order valence-corrected chi connectivity index (χ2v) is 2.56. The third kappa shape index (κ3) is 2.10. The molecule has 0 aliphatic rings. The van der Waals surface area contributed by atoms with E-state index in [9.17, 15) is 22.4 Å². The van der Waals surface area contributed by atoms with Gasteiger partial charge in [-0.2, -0.15) is 13.2 Å². The number of hydrogen-bond donors (Lipinski definition) is 0. The summed E-state index contributed by atoms with van der Waals surface area (Å²) in [7, 11) is 0. The maximum Gasteiger partial charge on any atom is 0.419 e. The number of benzene rings is 1. The van der Waals surface area contributed by atoms with E-state index in [1.165, 1.54) is 0 Å². The Morgan fingerprint density at radius 1 is 1.29 bits per heavy atom. The van der Waals surface area contributed by atoms with Gasteiger partial charge in [0.05, 0.1) is 5.56 Å². The van der Waals surface area contributed by atoms with E-state index in [2.05, 4.69) is 0 Å². The average molecular weight is 204 g/mol. The Morgan fingerprint density at radius 2 is 1.86 bits per heavy atom. The van der Waals surface area contributed by atoms with Gasteiger partial charge in [0, 0.05) is 12.5 Å². The normalized spacial score (nSPS) is 11.5. The summed E-state index contributed by atoms with van der Waals surface area (Å²) >= 11 is 0. The predicted octanol–water partition coefficient (Wildman–Crippen LogP) is 2.74. The van der Waals surface area contributed by atoms with E-state index in [1.807, 2.05) is 0 Å². The Balaban J connectivity index is 3.29. The first-order valence-corrected chi connectivity index (χ1v) is 3.49. The van der Waals surface area contributed by atoms with E-state index in [0.717, 1.165) is 6.07 Å². The largest absolute Gasteiger partial charge is 0.419 e. The van der Waals surface area contributed by atoms with Crippen LogP contribution >= 0.6 is 0 Å². The molecule has 0 aliphatic carbocycles. The molecule has 0 saturated carbocycles. The van der Waals surface area contributed by atoms with E-state index in [1.54, 1.807) is 0 Å². The molecule has 0 amide bonds. The number of alkyl halides is 3. The van der Waals surface area contributed by atoms with Crippen molar-refractivity contribution in [2.75, 3.05) is 0 Å². The van der Waals surface area contributed by atoms with E-state index in [0.29, 0.717) is 12.1 Å². The first-order chi connectivity index (χ1) is 6.32. The predicted molar refractivity (Wildman–Crippen MR) is 40.0 cm³/mol. The summed E-state index contributed by atoms with van der Waals surface area (Å²) < 4.78 is 49.0. The van der Waals surface area contributed by atoms with E-state index < -0.39 is 23.3 Å². The molecule has 0 atom stereocenters. The van der Waals surface area contributed by atoms with Crippen molar-refractivity contribution < 1.29 is 22.4 Å². The van der Waals surface area contributed by atoms with Crippen molar-refractivity contribution in [2.24, 2.45) is 0 Å². The molecule has 0 aliphatic heterocycles. The highest BCUT2D eigenvalue weighted by atomic mass is 19.4. The molecule has 0 aromatic heterocycles. The fraction of sp³-hybridized carbons (Fsp3) is 0.111. The Bertz CT molecular complexity index is 368. The zero-order valence-corrected chi connectivity index (χ0v) is 6.73. The number of ketones is 1. The average Bonchev–Trinajstić information content (AvgIpc) is 2.02. The van der Waals surface area contributed by atoms with E-state index >= 15 is 0 Å². The number of Topliss-reactive ketones (excluding diaryl/α,β-unsaturated/α-hetero) is 1. The molecule has 1 aromatic rings. The van der Waals surface area contributed by atoms with Gasteiger partial charge in [-0.3, -0.25) is 4.79 Å². The van der Waals surface area contributed by atoms with Crippen LogP contribution in [0.3, 0.4) is 0 Å². The van der Waals surface area contributed by atoms with Gasteiger partial charge in [0.1, 0.15) is 5.82 Å². The van der Waals surface area contributed by atoms with Crippen LogP contribution < -0.4 is 0 Å². The maximum absolute atomic E-state index is 12.7. The van der Waals surface area contributed by atoms with Crippen molar-refractivity contribution in [3.63, 3.8) is 0 Å². The molecule has 74 valence electrons. The molecule has 0 heterocycles. The number of halogens is 4. The van der Waals surface area contributed by atoms with Crippen molar-refractivity contribution in [2.45, 2.75) is 6.18 Å². The minimum Gasteiger partial charge on any atom is -0.294 e. The molecule has 2 radical (unpaired) electrons. The van der Waals surface area contributed by atoms with Crippen molar-refractivity contribution in [1.82, 2.24) is 0 Å². The summed E-state index contributed by atoms with van der Waals surface area (Å²) in [5.41, 5.74) is -1.87. The second-order valence-electron chi connectivity index (χ2n) is 2.56. The Morgan fingerprint density at radius 3 is 2.29 bits per heavy atom. The monoisotopic (exact) mass is 204 g/mol. The van der Waals surface area contributed by atoms with E-state index in [4.69, 9.17) is 6.92 Å². The summed E-state index contributed by atoms with van der Waals surface area (Å²) in [4.78, 5) is 10.5. The van der Waals surface area contributed by atoms with Gasteiger partial charge in [-0.05, 0) is 18.2 Å². The number of hydrogen-bond acceptors (Lipinski definition) is 1. The zero-order valence-electron chi connectivity index (χ0n) is 6.73. The standard InChI is InChI=1S/C9H4F4O/c1-5(14)6-2-3-8(10)7(4-6)9(11,12)13/h1-4H. The van der Waals surface area contributed by atoms with Crippen LogP contribution in [0, 0.1) is 12.7 Å². The van der Waals surface area contributed by atoms with Gasteiger partial charge in [0.2, 0.25) is 0 Å². The van der Waals surface area contributed by atoms with Gasteiger partial charge in [-0.25, -0.2) is 4.39 Å². The molecule has 0 spiro atoms. The fourth-order valence-corrected chi connectivity index (χ4v) is 0.896. The molecule has 1 aromatic carbocycles. The minimum absolute atomic E-state index is 0.376. The highest BCUT2D eigenvalue weighted by molar-refractivity contribution is 5.99. The summed E-state index contributed by atoms with van der Waals surface area (Å²) in [5, 5.41) is 0. The fourth-order valence-electron chi connectivity index (χ4n) is 0.896. The lowest BCUT2D eigenvalue weighted by Gasteiger charge is -2.08. The lowest BCUT2D eigenvalue weighted by atomic mass is 10.1. The van der Waals surface area contributed by atoms with Gasteiger partial charge in [0.25, 0.3) is 0 Å².